The number of ketones is 1. The summed E-state index contributed by atoms with van der Waals surface area (Å²) < 4.78 is 59.4. The minimum Gasteiger partial charge on any atom is -0.295 e. The Morgan fingerprint density at radius 3 is 2.40 bits per heavy atom. The first kappa shape index (κ1) is 18.6. The average molecular weight is 312 g/mol. The largest absolute Gasteiger partial charge is 0.511 e. The molecule has 0 aromatic rings. The van der Waals surface area contributed by atoms with Gasteiger partial charge in [0.05, 0.1) is 6.07 Å². The highest BCUT2D eigenvalue weighted by Gasteiger charge is 2.49. The molecule has 0 rings (SSSR count). The molecule has 0 saturated carbocycles. The van der Waals surface area contributed by atoms with Gasteiger partial charge in [-0.15, -0.1) is 0 Å². The summed E-state index contributed by atoms with van der Waals surface area (Å²) in [6.45, 7) is 0.134. The van der Waals surface area contributed by atoms with Gasteiger partial charge >= 0.3 is 15.5 Å². The van der Waals surface area contributed by atoms with Gasteiger partial charge in [-0.3, -0.25) is 4.79 Å². The van der Waals surface area contributed by atoms with Crippen LogP contribution in [0.15, 0.2) is 12.2 Å². The summed E-state index contributed by atoms with van der Waals surface area (Å²) in [6, 6.07) is 1.40. The highest BCUT2D eigenvalue weighted by atomic mass is 32.2. The molecule has 0 aliphatic heterocycles. The van der Waals surface area contributed by atoms with Crippen molar-refractivity contribution in [2.45, 2.75) is 31.7 Å². The summed E-state index contributed by atoms with van der Waals surface area (Å²) in [6.07, 6.45) is 3.93. The number of halogens is 3. The Balaban J connectivity index is 4.45. The molecule has 0 N–H and O–H groups in total. The number of rotatable bonds is 8. The standard InChI is InChI=1S/C11H15F3N2O3S/c1-10(17)6-4-2-3-5-8-16(9-7-15)20(18,19)11(12,13)14/h4,6H,2-3,5,8-9H2,1H3/b6-4+. The Bertz CT molecular complexity index is 492. The van der Waals surface area contributed by atoms with Crippen LogP contribution >= 0.6 is 0 Å². The van der Waals surface area contributed by atoms with Crippen LogP contribution in [-0.4, -0.2) is 37.1 Å². The van der Waals surface area contributed by atoms with Gasteiger partial charge in [0.1, 0.15) is 6.54 Å². The molecule has 0 aromatic carbocycles. The van der Waals surface area contributed by atoms with Crippen LogP contribution in [0.1, 0.15) is 26.2 Å². The minimum atomic E-state index is -5.47. The summed E-state index contributed by atoms with van der Waals surface area (Å²) in [5.74, 6) is -0.143. The maximum absolute atomic E-state index is 12.3. The number of nitriles is 1. The normalized spacial score (nSPS) is 12.8. The van der Waals surface area contributed by atoms with Crippen molar-refractivity contribution in [3.05, 3.63) is 12.2 Å². The van der Waals surface area contributed by atoms with E-state index in [-0.39, 0.29) is 23.1 Å². The Hall–Kier alpha value is -1.40. The predicted molar refractivity (Wildman–Crippen MR) is 65.8 cm³/mol. The Kier molecular flexibility index (Phi) is 7.45. The fourth-order valence-corrected chi connectivity index (χ4v) is 2.20. The Morgan fingerprint density at radius 2 is 1.95 bits per heavy atom. The van der Waals surface area contributed by atoms with Crippen LogP contribution in [0.2, 0.25) is 0 Å². The molecule has 0 atom stereocenters. The molecular weight excluding hydrogens is 297 g/mol. The zero-order chi connectivity index (χ0) is 15.8. The second kappa shape index (κ2) is 8.01. The number of nitrogens with zero attached hydrogens (tertiary/aromatic N) is 2. The van der Waals surface area contributed by atoms with E-state index in [1.807, 2.05) is 0 Å². The second-order valence-electron chi connectivity index (χ2n) is 3.95. The van der Waals surface area contributed by atoms with Crippen LogP contribution in [0.4, 0.5) is 13.2 Å². The lowest BCUT2D eigenvalue weighted by Crippen LogP contribution is -2.41. The van der Waals surface area contributed by atoms with Crippen LogP contribution in [0, 0.1) is 11.3 Å². The fraction of sp³-hybridized carbons (Fsp3) is 0.636. The first-order valence-corrected chi connectivity index (χ1v) is 7.17. The average Bonchev–Trinajstić information content (AvgIpc) is 2.30. The van der Waals surface area contributed by atoms with E-state index in [2.05, 4.69) is 0 Å². The minimum absolute atomic E-state index is 0.113. The molecule has 0 aliphatic carbocycles. The van der Waals surface area contributed by atoms with Crippen molar-refractivity contribution < 1.29 is 26.4 Å². The van der Waals surface area contributed by atoms with E-state index < -0.39 is 22.1 Å². The SMILES string of the molecule is CC(=O)/C=C/CCCCN(CC#N)S(=O)(=O)C(F)(F)F. The third-order valence-corrected chi connectivity index (χ3v) is 3.84. The first-order valence-electron chi connectivity index (χ1n) is 5.73. The number of sulfonamides is 1. The first-order chi connectivity index (χ1) is 9.13. The van der Waals surface area contributed by atoms with Gasteiger partial charge in [-0.2, -0.15) is 22.7 Å². The Labute approximate surface area is 115 Å². The zero-order valence-corrected chi connectivity index (χ0v) is 11.7. The lowest BCUT2D eigenvalue weighted by molar-refractivity contribution is -0.112. The monoisotopic (exact) mass is 312 g/mol. The molecule has 0 aliphatic rings. The smallest absolute Gasteiger partial charge is 0.295 e. The third kappa shape index (κ3) is 6.16. The van der Waals surface area contributed by atoms with Crippen molar-refractivity contribution in [3.8, 4) is 6.07 Å². The van der Waals surface area contributed by atoms with Gasteiger partial charge in [-0.05, 0) is 32.3 Å². The number of carbonyl (C=O) groups excluding carboxylic acids is 1. The van der Waals surface area contributed by atoms with Gasteiger partial charge < -0.3 is 0 Å². The number of allylic oxidation sites excluding steroid dienone is 2. The van der Waals surface area contributed by atoms with E-state index in [4.69, 9.17) is 5.26 Å². The fourth-order valence-electron chi connectivity index (χ4n) is 1.31. The molecule has 9 heteroatoms. The molecule has 0 aromatic heterocycles. The molecule has 0 fully saturated rings. The molecule has 20 heavy (non-hydrogen) atoms. The van der Waals surface area contributed by atoms with Gasteiger partial charge in [0.2, 0.25) is 0 Å². The number of unbranched alkanes of at least 4 members (excludes halogenated alkanes) is 2. The van der Waals surface area contributed by atoms with Gasteiger partial charge in [0, 0.05) is 6.54 Å². The van der Waals surface area contributed by atoms with Crippen LogP contribution in [0.3, 0.4) is 0 Å². The highest BCUT2D eigenvalue weighted by Crippen LogP contribution is 2.26. The number of hydrogen-bond acceptors (Lipinski definition) is 4. The van der Waals surface area contributed by atoms with Gasteiger partial charge in [-0.1, -0.05) is 6.08 Å². The van der Waals surface area contributed by atoms with Gasteiger partial charge in [-0.25, -0.2) is 8.42 Å². The number of hydrogen-bond donors (Lipinski definition) is 0. The summed E-state index contributed by atoms with van der Waals surface area (Å²) in [4.78, 5) is 10.6. The molecular formula is C11H15F3N2O3S. The molecule has 0 unspecified atom stereocenters. The van der Waals surface area contributed by atoms with Gasteiger partial charge in [0.25, 0.3) is 0 Å². The van der Waals surface area contributed by atoms with Crippen LogP contribution in [-0.2, 0) is 14.8 Å². The van der Waals surface area contributed by atoms with Crippen molar-refractivity contribution >= 4 is 15.8 Å². The van der Waals surface area contributed by atoms with Crippen LogP contribution in [0.25, 0.3) is 0 Å². The topological polar surface area (TPSA) is 78.2 Å². The van der Waals surface area contributed by atoms with E-state index in [0.29, 0.717) is 12.8 Å². The van der Waals surface area contributed by atoms with Crippen molar-refractivity contribution in [2.75, 3.05) is 13.1 Å². The summed E-state index contributed by atoms with van der Waals surface area (Å²) in [7, 11) is -5.47. The summed E-state index contributed by atoms with van der Waals surface area (Å²) >= 11 is 0. The lowest BCUT2D eigenvalue weighted by atomic mass is 10.2. The molecule has 0 saturated heterocycles. The molecule has 114 valence electrons. The maximum atomic E-state index is 12.3. The summed E-state index contributed by atoms with van der Waals surface area (Å²) in [5, 5.41) is 8.40. The van der Waals surface area contributed by atoms with Crippen LogP contribution in [0.5, 0.6) is 0 Å². The predicted octanol–water partition coefficient (Wildman–Crippen LogP) is 1.98. The quantitative estimate of drug-likeness (QED) is 0.390. The van der Waals surface area contributed by atoms with Crippen molar-refractivity contribution in [1.29, 1.82) is 5.26 Å². The van der Waals surface area contributed by atoms with E-state index in [1.165, 1.54) is 19.1 Å². The van der Waals surface area contributed by atoms with Crippen molar-refractivity contribution in [1.82, 2.24) is 4.31 Å². The van der Waals surface area contributed by atoms with E-state index in [1.54, 1.807) is 6.08 Å². The lowest BCUT2D eigenvalue weighted by Gasteiger charge is -2.20. The van der Waals surface area contributed by atoms with E-state index >= 15 is 0 Å². The molecule has 0 bridgehead atoms. The van der Waals surface area contributed by atoms with Crippen molar-refractivity contribution in [2.24, 2.45) is 0 Å². The van der Waals surface area contributed by atoms with Crippen molar-refractivity contribution in [3.63, 3.8) is 0 Å². The molecule has 0 heterocycles. The highest BCUT2D eigenvalue weighted by molar-refractivity contribution is 7.90. The summed E-state index contributed by atoms with van der Waals surface area (Å²) in [5.41, 5.74) is -5.40. The molecule has 0 amide bonds. The molecule has 5 nitrogen and oxygen atoms in total. The van der Waals surface area contributed by atoms with E-state index in [0.717, 1.165) is 0 Å². The zero-order valence-electron chi connectivity index (χ0n) is 10.9. The third-order valence-electron chi connectivity index (χ3n) is 2.26. The maximum Gasteiger partial charge on any atom is 0.511 e. The Morgan fingerprint density at radius 1 is 1.35 bits per heavy atom. The number of carbonyl (C=O) groups is 1. The number of alkyl halides is 3. The molecule has 0 spiro atoms. The van der Waals surface area contributed by atoms with Crippen LogP contribution < -0.4 is 0 Å². The molecule has 0 radical (unpaired) electrons. The van der Waals surface area contributed by atoms with E-state index in [9.17, 15) is 26.4 Å². The van der Waals surface area contributed by atoms with Gasteiger partial charge in [0.15, 0.2) is 5.78 Å². The second-order valence-corrected chi connectivity index (χ2v) is 5.88.